The van der Waals surface area contributed by atoms with E-state index in [1.807, 2.05) is 37.7 Å². The Morgan fingerprint density at radius 1 is 1.47 bits per heavy atom. The van der Waals surface area contributed by atoms with Crippen molar-refractivity contribution in [3.8, 4) is 0 Å². The van der Waals surface area contributed by atoms with Gasteiger partial charge in [-0.25, -0.2) is 0 Å². The van der Waals surface area contributed by atoms with Crippen molar-refractivity contribution in [1.82, 2.24) is 20.4 Å². The summed E-state index contributed by atoms with van der Waals surface area (Å²) < 4.78 is 1.86. The second kappa shape index (κ2) is 6.39. The lowest BCUT2D eigenvalue weighted by Gasteiger charge is -2.24. The van der Waals surface area contributed by atoms with E-state index in [2.05, 4.69) is 15.7 Å². The highest BCUT2D eigenvalue weighted by atomic mass is 16.2. The Balaban J connectivity index is 2.20. The van der Waals surface area contributed by atoms with Gasteiger partial charge in [-0.15, -0.1) is 0 Å². The summed E-state index contributed by atoms with van der Waals surface area (Å²) in [7, 11) is 0. The van der Waals surface area contributed by atoms with Crippen molar-refractivity contribution in [2.45, 2.75) is 39.3 Å². The van der Waals surface area contributed by atoms with Gasteiger partial charge in [0.15, 0.2) is 0 Å². The highest BCUT2D eigenvalue weighted by Gasteiger charge is 2.25. The van der Waals surface area contributed by atoms with Crippen LogP contribution in [0, 0.1) is 0 Å². The van der Waals surface area contributed by atoms with Crippen LogP contribution in [0.25, 0.3) is 0 Å². The van der Waals surface area contributed by atoms with Crippen molar-refractivity contribution in [3.05, 3.63) is 18.5 Å². The molecule has 1 heterocycles. The fourth-order valence-electron chi connectivity index (χ4n) is 1.62. The number of rotatable bonds is 7. The monoisotopic (exact) mass is 238 g/mol. The molecule has 1 rings (SSSR count). The number of carbonyl (C=O) groups is 1. The quantitative estimate of drug-likeness (QED) is 0.690. The highest BCUT2D eigenvalue weighted by molar-refractivity contribution is 5.85. The zero-order chi connectivity index (χ0) is 12.7. The molecule has 0 saturated heterocycles. The predicted molar refractivity (Wildman–Crippen MR) is 67.6 cm³/mol. The first kappa shape index (κ1) is 13.7. The van der Waals surface area contributed by atoms with Crippen LogP contribution in [-0.4, -0.2) is 34.3 Å². The van der Waals surface area contributed by atoms with Crippen LogP contribution in [0.1, 0.15) is 27.2 Å². The molecular weight excluding hydrogens is 216 g/mol. The van der Waals surface area contributed by atoms with Crippen molar-refractivity contribution in [3.63, 3.8) is 0 Å². The van der Waals surface area contributed by atoms with E-state index < -0.39 is 5.54 Å². The molecule has 0 bridgehead atoms. The minimum absolute atomic E-state index is 0.0415. The van der Waals surface area contributed by atoms with Gasteiger partial charge < -0.3 is 10.6 Å². The van der Waals surface area contributed by atoms with E-state index in [1.165, 1.54) is 0 Å². The van der Waals surface area contributed by atoms with Gasteiger partial charge in [0.2, 0.25) is 5.91 Å². The second-order valence-corrected chi connectivity index (χ2v) is 4.53. The molecule has 1 aromatic heterocycles. The van der Waals surface area contributed by atoms with Crippen molar-refractivity contribution in [2.24, 2.45) is 0 Å². The Kier molecular flexibility index (Phi) is 5.15. The molecule has 0 aliphatic carbocycles. The number of hydrogen-bond acceptors (Lipinski definition) is 3. The standard InChI is InChI=1S/C12H22N4O/c1-4-14-12(2,3)11(17)13-7-5-9-16-10-6-8-15-16/h6,8,10,14H,4-5,7,9H2,1-3H3,(H,13,17). The summed E-state index contributed by atoms with van der Waals surface area (Å²) >= 11 is 0. The average molecular weight is 238 g/mol. The molecule has 0 radical (unpaired) electrons. The molecule has 5 heteroatoms. The summed E-state index contributed by atoms with van der Waals surface area (Å²) in [5.41, 5.74) is -0.500. The fraction of sp³-hybridized carbons (Fsp3) is 0.667. The lowest BCUT2D eigenvalue weighted by molar-refractivity contribution is -0.126. The number of likely N-dealkylation sites (N-methyl/N-ethyl adjacent to an activating group) is 1. The summed E-state index contributed by atoms with van der Waals surface area (Å²) in [4.78, 5) is 11.8. The molecule has 0 atom stereocenters. The average Bonchev–Trinajstić information content (AvgIpc) is 2.76. The van der Waals surface area contributed by atoms with Gasteiger partial charge in [0, 0.05) is 25.5 Å². The van der Waals surface area contributed by atoms with E-state index in [9.17, 15) is 4.79 Å². The summed E-state index contributed by atoms with van der Waals surface area (Å²) in [5, 5.41) is 10.2. The Bertz CT molecular complexity index is 332. The van der Waals surface area contributed by atoms with E-state index >= 15 is 0 Å². The minimum Gasteiger partial charge on any atom is -0.354 e. The molecule has 0 fully saturated rings. The van der Waals surface area contributed by atoms with E-state index in [-0.39, 0.29) is 5.91 Å². The van der Waals surface area contributed by atoms with Crippen molar-refractivity contribution < 1.29 is 4.79 Å². The second-order valence-electron chi connectivity index (χ2n) is 4.53. The van der Waals surface area contributed by atoms with Crippen LogP contribution in [0.5, 0.6) is 0 Å². The van der Waals surface area contributed by atoms with E-state index in [1.54, 1.807) is 6.20 Å². The zero-order valence-corrected chi connectivity index (χ0v) is 10.9. The fourth-order valence-corrected chi connectivity index (χ4v) is 1.62. The molecule has 17 heavy (non-hydrogen) atoms. The third-order valence-electron chi connectivity index (χ3n) is 2.60. The Morgan fingerprint density at radius 2 is 2.24 bits per heavy atom. The van der Waals surface area contributed by atoms with Crippen LogP contribution in [0.2, 0.25) is 0 Å². The number of aryl methyl sites for hydroxylation is 1. The number of aromatic nitrogens is 2. The normalized spacial score (nSPS) is 11.5. The molecule has 1 amide bonds. The first-order valence-electron chi connectivity index (χ1n) is 6.07. The van der Waals surface area contributed by atoms with Crippen LogP contribution in [-0.2, 0) is 11.3 Å². The van der Waals surface area contributed by atoms with Crippen LogP contribution >= 0.6 is 0 Å². The summed E-state index contributed by atoms with van der Waals surface area (Å²) in [5.74, 6) is 0.0415. The predicted octanol–water partition coefficient (Wildman–Crippen LogP) is 0.777. The molecule has 5 nitrogen and oxygen atoms in total. The number of amides is 1. The maximum absolute atomic E-state index is 11.8. The van der Waals surface area contributed by atoms with Gasteiger partial charge in [0.25, 0.3) is 0 Å². The molecule has 1 aromatic rings. The van der Waals surface area contributed by atoms with Crippen LogP contribution in [0.3, 0.4) is 0 Å². The maximum Gasteiger partial charge on any atom is 0.239 e. The molecular formula is C12H22N4O. The Morgan fingerprint density at radius 3 is 2.82 bits per heavy atom. The number of nitrogens with one attached hydrogen (secondary N) is 2. The first-order chi connectivity index (χ1) is 8.06. The van der Waals surface area contributed by atoms with Crippen molar-refractivity contribution in [2.75, 3.05) is 13.1 Å². The molecule has 96 valence electrons. The molecule has 0 saturated carbocycles. The Labute approximate surface area is 103 Å². The summed E-state index contributed by atoms with van der Waals surface area (Å²) in [6.07, 6.45) is 4.56. The van der Waals surface area contributed by atoms with E-state index in [0.717, 1.165) is 19.5 Å². The van der Waals surface area contributed by atoms with Crippen molar-refractivity contribution >= 4 is 5.91 Å². The van der Waals surface area contributed by atoms with Gasteiger partial charge in [-0.2, -0.15) is 5.10 Å². The first-order valence-corrected chi connectivity index (χ1v) is 6.07. The molecule has 0 spiro atoms. The molecule has 0 aliphatic rings. The lowest BCUT2D eigenvalue weighted by atomic mass is 10.0. The number of carbonyl (C=O) groups excluding carboxylic acids is 1. The SMILES string of the molecule is CCNC(C)(C)C(=O)NCCCn1cccn1. The van der Waals surface area contributed by atoms with Crippen molar-refractivity contribution in [1.29, 1.82) is 0 Å². The van der Waals surface area contributed by atoms with E-state index in [0.29, 0.717) is 6.54 Å². The van der Waals surface area contributed by atoms with Gasteiger partial charge in [-0.1, -0.05) is 6.92 Å². The third-order valence-corrected chi connectivity index (χ3v) is 2.60. The topological polar surface area (TPSA) is 59.0 Å². The third kappa shape index (κ3) is 4.56. The van der Waals surface area contributed by atoms with Gasteiger partial charge in [0.05, 0.1) is 5.54 Å². The molecule has 0 aliphatic heterocycles. The van der Waals surface area contributed by atoms with Crippen LogP contribution in [0.4, 0.5) is 0 Å². The highest BCUT2D eigenvalue weighted by Crippen LogP contribution is 2.01. The molecule has 0 aromatic carbocycles. The summed E-state index contributed by atoms with van der Waals surface area (Å²) in [6, 6.07) is 1.90. The van der Waals surface area contributed by atoms with Gasteiger partial charge in [-0.3, -0.25) is 9.48 Å². The van der Waals surface area contributed by atoms with Crippen LogP contribution in [0.15, 0.2) is 18.5 Å². The number of nitrogens with zero attached hydrogens (tertiary/aromatic N) is 2. The number of hydrogen-bond donors (Lipinski definition) is 2. The van der Waals surface area contributed by atoms with E-state index in [4.69, 9.17) is 0 Å². The smallest absolute Gasteiger partial charge is 0.239 e. The lowest BCUT2D eigenvalue weighted by Crippen LogP contribution is -2.52. The maximum atomic E-state index is 11.8. The zero-order valence-electron chi connectivity index (χ0n) is 10.9. The van der Waals surface area contributed by atoms with Gasteiger partial charge >= 0.3 is 0 Å². The van der Waals surface area contributed by atoms with Gasteiger partial charge in [-0.05, 0) is 32.9 Å². The molecule has 2 N–H and O–H groups in total. The van der Waals surface area contributed by atoms with Gasteiger partial charge in [0.1, 0.15) is 0 Å². The molecule has 0 unspecified atom stereocenters. The minimum atomic E-state index is -0.500. The largest absolute Gasteiger partial charge is 0.354 e. The summed E-state index contributed by atoms with van der Waals surface area (Å²) in [6.45, 7) is 8.06. The van der Waals surface area contributed by atoms with Crippen LogP contribution < -0.4 is 10.6 Å². The Hall–Kier alpha value is -1.36.